The maximum absolute atomic E-state index is 13.1. The Morgan fingerprint density at radius 2 is 1.85 bits per heavy atom. The summed E-state index contributed by atoms with van der Waals surface area (Å²) in [6, 6.07) is 6.27. The molecule has 26 heavy (non-hydrogen) atoms. The lowest BCUT2D eigenvalue weighted by atomic mass is 10.1. The molecule has 8 heteroatoms. The summed E-state index contributed by atoms with van der Waals surface area (Å²) in [4.78, 5) is 14.5. The van der Waals surface area contributed by atoms with Gasteiger partial charge in [-0.15, -0.1) is 0 Å². The van der Waals surface area contributed by atoms with Gasteiger partial charge in [0.1, 0.15) is 5.75 Å². The van der Waals surface area contributed by atoms with E-state index in [2.05, 4.69) is 5.32 Å². The lowest BCUT2D eigenvalue weighted by Gasteiger charge is -2.30. The lowest BCUT2D eigenvalue weighted by Crippen LogP contribution is -2.50. The van der Waals surface area contributed by atoms with Crippen LogP contribution in [0.25, 0.3) is 0 Å². The summed E-state index contributed by atoms with van der Waals surface area (Å²) in [5, 5.41) is 3.19. The highest BCUT2D eigenvalue weighted by Crippen LogP contribution is 2.20. The maximum atomic E-state index is 13.1. The first kappa shape index (κ1) is 20.7. The first-order valence-corrected chi connectivity index (χ1v) is 10.4. The molecule has 1 aliphatic rings. The smallest absolute Gasteiger partial charge is 0.243 e. The first-order valence-electron chi connectivity index (χ1n) is 8.97. The largest absolute Gasteiger partial charge is 0.497 e. The number of sulfonamides is 1. The average molecular weight is 384 g/mol. The van der Waals surface area contributed by atoms with Crippen molar-refractivity contribution in [3.05, 3.63) is 24.3 Å². The Morgan fingerprint density at radius 3 is 2.38 bits per heavy atom. The molecule has 1 amide bonds. The second kappa shape index (κ2) is 9.34. The van der Waals surface area contributed by atoms with E-state index in [1.807, 2.05) is 13.8 Å². The minimum atomic E-state index is -3.74. The highest BCUT2D eigenvalue weighted by molar-refractivity contribution is 7.89. The molecule has 146 valence electrons. The minimum Gasteiger partial charge on any atom is -0.497 e. The van der Waals surface area contributed by atoms with Gasteiger partial charge in [-0.05, 0) is 36.6 Å². The molecule has 1 aromatic carbocycles. The molecule has 1 saturated heterocycles. The third-order valence-corrected chi connectivity index (χ3v) is 6.29. The second-order valence-corrected chi connectivity index (χ2v) is 8.77. The number of nitrogens with one attached hydrogen (secondary N) is 1. The van der Waals surface area contributed by atoms with Gasteiger partial charge in [0.25, 0.3) is 0 Å². The third kappa shape index (κ3) is 5.43. The molecule has 1 aromatic rings. The maximum Gasteiger partial charge on any atom is 0.243 e. The molecule has 0 aliphatic carbocycles. The zero-order valence-corrected chi connectivity index (χ0v) is 16.6. The van der Waals surface area contributed by atoms with Crippen LogP contribution in [0.15, 0.2) is 29.2 Å². The Kier molecular flexibility index (Phi) is 7.43. The Balaban J connectivity index is 2.19. The van der Waals surface area contributed by atoms with Crippen LogP contribution in [-0.4, -0.2) is 69.9 Å². The van der Waals surface area contributed by atoms with Crippen LogP contribution < -0.4 is 10.1 Å². The molecule has 7 nitrogen and oxygen atoms in total. The number of nitrogens with zero attached hydrogens (tertiary/aromatic N) is 2. The summed E-state index contributed by atoms with van der Waals surface area (Å²) in [5.41, 5.74) is 0. The normalized spacial score (nSPS) is 15.5. The van der Waals surface area contributed by atoms with Crippen LogP contribution >= 0.6 is 0 Å². The molecule has 0 spiro atoms. The number of hydrogen-bond acceptors (Lipinski definition) is 5. The van der Waals surface area contributed by atoms with E-state index in [1.54, 1.807) is 17.0 Å². The Bertz CT molecular complexity index is 683. The SMILES string of the molecule is COc1ccc(S(=O)(=O)N(CCC(C)C)CC(=O)N2CCNCC2)cc1. The van der Waals surface area contributed by atoms with Crippen LogP contribution in [0.3, 0.4) is 0 Å². The number of methoxy groups -OCH3 is 1. The number of rotatable bonds is 8. The summed E-state index contributed by atoms with van der Waals surface area (Å²) in [5.74, 6) is 0.791. The van der Waals surface area contributed by atoms with Crippen molar-refractivity contribution in [1.82, 2.24) is 14.5 Å². The minimum absolute atomic E-state index is 0.124. The number of benzene rings is 1. The van der Waals surface area contributed by atoms with Crippen molar-refractivity contribution in [2.24, 2.45) is 5.92 Å². The van der Waals surface area contributed by atoms with Crippen molar-refractivity contribution in [1.29, 1.82) is 0 Å². The van der Waals surface area contributed by atoms with Crippen molar-refractivity contribution in [3.63, 3.8) is 0 Å². The number of hydrogen-bond donors (Lipinski definition) is 1. The van der Waals surface area contributed by atoms with Gasteiger partial charge in [-0.3, -0.25) is 4.79 Å². The molecule has 1 heterocycles. The van der Waals surface area contributed by atoms with Gasteiger partial charge in [0.2, 0.25) is 15.9 Å². The van der Waals surface area contributed by atoms with Crippen molar-refractivity contribution in [3.8, 4) is 5.75 Å². The molecular formula is C18H29N3O4S. The van der Waals surface area contributed by atoms with E-state index in [-0.39, 0.29) is 17.3 Å². The van der Waals surface area contributed by atoms with Gasteiger partial charge in [0.05, 0.1) is 18.6 Å². The second-order valence-electron chi connectivity index (χ2n) is 6.83. The van der Waals surface area contributed by atoms with Crippen LogP contribution in [0.1, 0.15) is 20.3 Å². The quantitative estimate of drug-likeness (QED) is 0.729. The van der Waals surface area contributed by atoms with E-state index in [0.29, 0.717) is 37.7 Å². The number of ether oxygens (including phenoxy) is 1. The van der Waals surface area contributed by atoms with E-state index in [0.717, 1.165) is 13.1 Å². The van der Waals surface area contributed by atoms with Crippen LogP contribution in [-0.2, 0) is 14.8 Å². The van der Waals surface area contributed by atoms with Gasteiger partial charge >= 0.3 is 0 Å². The summed E-state index contributed by atoms with van der Waals surface area (Å²) in [6.45, 7) is 6.97. The fourth-order valence-electron chi connectivity index (χ4n) is 2.75. The zero-order chi connectivity index (χ0) is 19.2. The fourth-order valence-corrected chi connectivity index (χ4v) is 4.15. The van der Waals surface area contributed by atoms with E-state index in [4.69, 9.17) is 4.74 Å². The first-order chi connectivity index (χ1) is 12.3. The predicted octanol–water partition coefficient (Wildman–Crippen LogP) is 1.16. The summed E-state index contributed by atoms with van der Waals surface area (Å²) < 4.78 is 32.5. The van der Waals surface area contributed by atoms with Crippen molar-refractivity contribution >= 4 is 15.9 Å². The molecule has 0 radical (unpaired) electrons. The number of amides is 1. The summed E-state index contributed by atoms with van der Waals surface area (Å²) >= 11 is 0. The predicted molar refractivity (Wildman–Crippen MR) is 101 cm³/mol. The van der Waals surface area contributed by atoms with E-state index >= 15 is 0 Å². The highest BCUT2D eigenvalue weighted by atomic mass is 32.2. The van der Waals surface area contributed by atoms with Crippen LogP contribution in [0, 0.1) is 5.92 Å². The van der Waals surface area contributed by atoms with E-state index in [9.17, 15) is 13.2 Å². The highest BCUT2D eigenvalue weighted by Gasteiger charge is 2.29. The van der Waals surface area contributed by atoms with E-state index in [1.165, 1.54) is 23.5 Å². The zero-order valence-electron chi connectivity index (χ0n) is 15.8. The van der Waals surface area contributed by atoms with Crippen molar-refractivity contribution < 1.29 is 17.9 Å². The number of carbonyl (C=O) groups excluding carboxylic acids is 1. The van der Waals surface area contributed by atoms with Gasteiger partial charge in [-0.1, -0.05) is 13.8 Å². The number of piperazine rings is 1. The fraction of sp³-hybridized carbons (Fsp3) is 0.611. The monoisotopic (exact) mass is 383 g/mol. The van der Waals surface area contributed by atoms with Crippen molar-refractivity contribution in [2.75, 3.05) is 46.4 Å². The molecule has 2 rings (SSSR count). The van der Waals surface area contributed by atoms with Gasteiger partial charge in [-0.25, -0.2) is 8.42 Å². The summed E-state index contributed by atoms with van der Waals surface area (Å²) in [6.07, 6.45) is 0.699. The topological polar surface area (TPSA) is 79.0 Å². The van der Waals surface area contributed by atoms with Crippen LogP contribution in [0.4, 0.5) is 0 Å². The summed E-state index contributed by atoms with van der Waals surface area (Å²) in [7, 11) is -2.21. The molecule has 0 aromatic heterocycles. The molecular weight excluding hydrogens is 354 g/mol. The van der Waals surface area contributed by atoms with Crippen LogP contribution in [0.2, 0.25) is 0 Å². The molecule has 1 aliphatic heterocycles. The standard InChI is InChI=1S/C18H29N3O4S/c1-15(2)8-11-21(14-18(22)20-12-9-19-10-13-20)26(23,24)17-6-4-16(25-3)5-7-17/h4-7,15,19H,8-14H2,1-3H3. The van der Waals surface area contributed by atoms with Gasteiger partial charge in [0.15, 0.2) is 0 Å². The Labute approximate surface area is 156 Å². The van der Waals surface area contributed by atoms with Crippen molar-refractivity contribution in [2.45, 2.75) is 25.2 Å². The molecule has 0 bridgehead atoms. The third-order valence-electron chi connectivity index (χ3n) is 4.43. The van der Waals surface area contributed by atoms with Crippen LogP contribution in [0.5, 0.6) is 5.75 Å². The number of carbonyl (C=O) groups is 1. The van der Waals surface area contributed by atoms with Gasteiger partial charge in [-0.2, -0.15) is 4.31 Å². The van der Waals surface area contributed by atoms with Gasteiger partial charge in [0, 0.05) is 32.7 Å². The molecule has 1 fully saturated rings. The average Bonchev–Trinajstić information content (AvgIpc) is 2.65. The Hall–Kier alpha value is -1.64. The molecule has 0 atom stereocenters. The van der Waals surface area contributed by atoms with E-state index < -0.39 is 10.0 Å². The lowest BCUT2D eigenvalue weighted by molar-refractivity contribution is -0.132. The molecule has 0 unspecified atom stereocenters. The Morgan fingerprint density at radius 1 is 1.23 bits per heavy atom. The van der Waals surface area contributed by atoms with Gasteiger partial charge < -0.3 is 15.0 Å². The molecule has 1 N–H and O–H groups in total. The molecule has 0 saturated carbocycles.